The molecule has 0 saturated heterocycles. The van der Waals surface area contributed by atoms with Crippen molar-refractivity contribution < 1.29 is 19.0 Å². The van der Waals surface area contributed by atoms with Crippen LogP contribution in [0.3, 0.4) is 0 Å². The van der Waals surface area contributed by atoms with E-state index in [2.05, 4.69) is 20.4 Å². The summed E-state index contributed by atoms with van der Waals surface area (Å²) in [5.74, 6) is 1.48. The zero-order chi connectivity index (χ0) is 20.5. The van der Waals surface area contributed by atoms with E-state index in [1.165, 1.54) is 7.11 Å². The maximum Gasteiger partial charge on any atom is 0.305 e. The lowest BCUT2D eigenvalue weighted by atomic mass is 10.2. The molecule has 166 valence electrons. The number of guanidine groups is 1. The van der Waals surface area contributed by atoms with Crippen LogP contribution in [-0.2, 0) is 20.8 Å². The number of halogens is 1. The molecule has 0 saturated carbocycles. The van der Waals surface area contributed by atoms with Crippen LogP contribution in [0, 0.1) is 0 Å². The molecule has 1 aromatic rings. The third kappa shape index (κ3) is 14.1. The number of esters is 1. The van der Waals surface area contributed by atoms with Gasteiger partial charge in [-0.25, -0.2) is 4.99 Å². The number of nitrogens with zero attached hydrogens (tertiary/aromatic N) is 1. The van der Waals surface area contributed by atoms with E-state index in [9.17, 15) is 4.79 Å². The molecular formula is C21H36IN3O4. The minimum absolute atomic E-state index is 0. The molecule has 2 N–H and O–H groups in total. The second-order valence-electron chi connectivity index (χ2n) is 6.30. The first-order chi connectivity index (χ1) is 13.7. The summed E-state index contributed by atoms with van der Waals surface area (Å²) in [5.41, 5.74) is 1.12. The van der Waals surface area contributed by atoms with Crippen LogP contribution in [0.2, 0.25) is 0 Å². The number of methoxy groups -OCH3 is 2. The Morgan fingerprint density at radius 3 is 2.31 bits per heavy atom. The highest BCUT2D eigenvalue weighted by Crippen LogP contribution is 2.11. The lowest BCUT2D eigenvalue weighted by Gasteiger charge is -2.13. The fraction of sp³-hybridized carbons (Fsp3) is 0.619. The summed E-state index contributed by atoms with van der Waals surface area (Å²) >= 11 is 0. The number of aliphatic imine (C=N–C) groups is 1. The van der Waals surface area contributed by atoms with Crippen molar-refractivity contribution in [3.05, 3.63) is 29.8 Å². The van der Waals surface area contributed by atoms with E-state index in [1.807, 2.05) is 31.2 Å². The van der Waals surface area contributed by atoms with Crippen LogP contribution >= 0.6 is 24.0 Å². The summed E-state index contributed by atoms with van der Waals surface area (Å²) in [4.78, 5) is 15.8. The van der Waals surface area contributed by atoms with Crippen LogP contribution in [0.4, 0.5) is 0 Å². The normalized spacial score (nSPS) is 10.8. The molecule has 0 atom stereocenters. The number of carbonyl (C=O) groups is 1. The van der Waals surface area contributed by atoms with Crippen molar-refractivity contribution >= 4 is 35.9 Å². The Morgan fingerprint density at radius 2 is 1.69 bits per heavy atom. The monoisotopic (exact) mass is 521 g/mol. The summed E-state index contributed by atoms with van der Waals surface area (Å²) in [6, 6.07) is 7.91. The van der Waals surface area contributed by atoms with Gasteiger partial charge in [0.05, 0.1) is 20.8 Å². The molecule has 0 amide bonds. The molecule has 7 nitrogen and oxygen atoms in total. The van der Waals surface area contributed by atoms with Gasteiger partial charge in [-0.1, -0.05) is 18.6 Å². The largest absolute Gasteiger partial charge is 0.497 e. The van der Waals surface area contributed by atoms with E-state index in [0.29, 0.717) is 13.0 Å². The molecule has 0 unspecified atom stereocenters. The number of rotatable bonds is 14. The van der Waals surface area contributed by atoms with E-state index in [0.717, 1.165) is 69.3 Å². The fourth-order valence-electron chi connectivity index (χ4n) is 2.48. The Morgan fingerprint density at radius 1 is 1.00 bits per heavy atom. The topological polar surface area (TPSA) is 81.2 Å². The van der Waals surface area contributed by atoms with Gasteiger partial charge in [-0.05, 0) is 43.9 Å². The van der Waals surface area contributed by atoms with Gasteiger partial charge in [-0.15, -0.1) is 24.0 Å². The van der Waals surface area contributed by atoms with Gasteiger partial charge < -0.3 is 24.8 Å². The quantitative estimate of drug-likeness (QED) is 0.128. The molecular weight excluding hydrogens is 485 g/mol. The summed E-state index contributed by atoms with van der Waals surface area (Å²) in [7, 11) is 3.08. The molecule has 1 rings (SSSR count). The van der Waals surface area contributed by atoms with Gasteiger partial charge in [-0.2, -0.15) is 0 Å². The number of unbranched alkanes of at least 4 members (excludes halogenated alkanes) is 2. The van der Waals surface area contributed by atoms with Crippen molar-refractivity contribution in [3.63, 3.8) is 0 Å². The lowest BCUT2D eigenvalue weighted by molar-refractivity contribution is -0.140. The number of benzene rings is 1. The van der Waals surface area contributed by atoms with Crippen LogP contribution in [-0.4, -0.2) is 52.5 Å². The molecule has 29 heavy (non-hydrogen) atoms. The Bertz CT molecular complexity index is 568. The van der Waals surface area contributed by atoms with Gasteiger partial charge in [0, 0.05) is 32.7 Å². The van der Waals surface area contributed by atoms with Crippen molar-refractivity contribution in [3.8, 4) is 5.75 Å². The molecule has 0 radical (unpaired) electrons. The summed E-state index contributed by atoms with van der Waals surface area (Å²) in [6.45, 7) is 5.67. The molecule has 0 aliphatic heterocycles. The van der Waals surface area contributed by atoms with Gasteiger partial charge in [0.2, 0.25) is 0 Å². The second kappa shape index (κ2) is 18.5. The number of hydrogen-bond donors (Lipinski definition) is 2. The van der Waals surface area contributed by atoms with Gasteiger partial charge in [0.1, 0.15) is 5.75 Å². The SMILES string of the molecule is CCOCCCNC(=NCc1ccc(OC)cc1)NCCCCCC(=O)OC.I. The molecule has 1 aromatic carbocycles. The molecule has 0 heterocycles. The predicted molar refractivity (Wildman–Crippen MR) is 127 cm³/mol. The van der Waals surface area contributed by atoms with E-state index in [4.69, 9.17) is 9.47 Å². The number of carbonyl (C=O) groups excluding carboxylic acids is 1. The number of ether oxygens (including phenoxy) is 3. The van der Waals surface area contributed by atoms with Gasteiger partial charge in [-0.3, -0.25) is 4.79 Å². The summed E-state index contributed by atoms with van der Waals surface area (Å²) in [5, 5.41) is 6.71. The Labute approximate surface area is 192 Å². The van der Waals surface area contributed by atoms with Gasteiger partial charge in [0.25, 0.3) is 0 Å². The first kappa shape index (κ1) is 27.5. The van der Waals surface area contributed by atoms with Gasteiger partial charge >= 0.3 is 5.97 Å². The summed E-state index contributed by atoms with van der Waals surface area (Å²) in [6.07, 6.45) is 4.19. The molecule has 0 aliphatic carbocycles. The van der Waals surface area contributed by atoms with Crippen LogP contribution < -0.4 is 15.4 Å². The zero-order valence-electron chi connectivity index (χ0n) is 17.9. The standard InChI is InChI=1S/C21H35N3O4.HI/c1-4-28-16-8-15-23-21(22-14-7-5-6-9-20(25)27-3)24-17-18-10-12-19(26-2)13-11-18;/h10-13H,4-9,14-17H2,1-3H3,(H2,22,23,24);1H. The highest BCUT2D eigenvalue weighted by Gasteiger charge is 2.02. The average Bonchev–Trinajstić information content (AvgIpc) is 2.73. The van der Waals surface area contributed by atoms with E-state index < -0.39 is 0 Å². The maximum absolute atomic E-state index is 11.1. The van der Waals surface area contributed by atoms with Gasteiger partial charge in [0.15, 0.2) is 5.96 Å². The average molecular weight is 521 g/mol. The zero-order valence-corrected chi connectivity index (χ0v) is 20.2. The Balaban J connectivity index is 0.00000784. The molecule has 0 aliphatic rings. The third-order valence-corrected chi connectivity index (χ3v) is 4.12. The maximum atomic E-state index is 11.1. The third-order valence-electron chi connectivity index (χ3n) is 4.12. The number of hydrogen-bond acceptors (Lipinski definition) is 5. The molecule has 0 fully saturated rings. The first-order valence-electron chi connectivity index (χ1n) is 9.99. The molecule has 8 heteroatoms. The minimum Gasteiger partial charge on any atom is -0.497 e. The molecule has 0 aromatic heterocycles. The van der Waals surface area contributed by atoms with Crippen molar-refractivity contribution in [1.82, 2.24) is 10.6 Å². The highest BCUT2D eigenvalue weighted by atomic mass is 127. The molecule has 0 spiro atoms. The Kier molecular flexibility index (Phi) is 17.5. The predicted octanol–water partition coefficient (Wildman–Crippen LogP) is 3.51. The smallest absolute Gasteiger partial charge is 0.305 e. The minimum atomic E-state index is -0.148. The van der Waals surface area contributed by atoms with Crippen molar-refractivity contribution in [2.45, 2.75) is 45.6 Å². The van der Waals surface area contributed by atoms with Crippen LogP contribution in [0.5, 0.6) is 5.75 Å². The van der Waals surface area contributed by atoms with Crippen LogP contribution in [0.15, 0.2) is 29.3 Å². The van der Waals surface area contributed by atoms with Crippen molar-refractivity contribution in [2.24, 2.45) is 4.99 Å². The lowest BCUT2D eigenvalue weighted by Crippen LogP contribution is -2.38. The summed E-state index contributed by atoms with van der Waals surface area (Å²) < 4.78 is 15.2. The van der Waals surface area contributed by atoms with Crippen LogP contribution in [0.25, 0.3) is 0 Å². The number of nitrogens with one attached hydrogen (secondary N) is 2. The van der Waals surface area contributed by atoms with E-state index >= 15 is 0 Å². The fourth-order valence-corrected chi connectivity index (χ4v) is 2.48. The first-order valence-corrected chi connectivity index (χ1v) is 9.99. The highest BCUT2D eigenvalue weighted by molar-refractivity contribution is 14.0. The Hall–Kier alpha value is -1.55. The van der Waals surface area contributed by atoms with Crippen molar-refractivity contribution in [2.75, 3.05) is 40.5 Å². The van der Waals surface area contributed by atoms with E-state index in [-0.39, 0.29) is 29.9 Å². The van der Waals surface area contributed by atoms with E-state index in [1.54, 1.807) is 7.11 Å². The second-order valence-corrected chi connectivity index (χ2v) is 6.30. The van der Waals surface area contributed by atoms with Crippen LogP contribution in [0.1, 0.15) is 44.6 Å². The van der Waals surface area contributed by atoms with Crippen molar-refractivity contribution in [1.29, 1.82) is 0 Å². The molecule has 0 bridgehead atoms.